The van der Waals surface area contributed by atoms with Crippen molar-refractivity contribution in [3.05, 3.63) is 52.0 Å². The maximum absolute atomic E-state index is 12.9. The summed E-state index contributed by atoms with van der Waals surface area (Å²) in [5.74, 6) is -0.377. The van der Waals surface area contributed by atoms with Crippen LogP contribution in [0.3, 0.4) is 0 Å². The van der Waals surface area contributed by atoms with Crippen molar-refractivity contribution in [3.63, 3.8) is 0 Å². The molecule has 2 aromatic rings. The van der Waals surface area contributed by atoms with Crippen LogP contribution in [0.1, 0.15) is 34.3 Å². The van der Waals surface area contributed by atoms with Gasteiger partial charge in [-0.05, 0) is 75.2 Å². The number of nitrogens with one attached hydrogen (secondary N) is 2. The Labute approximate surface area is 170 Å². The molecule has 1 fully saturated rings. The minimum atomic E-state index is -3.67. The summed E-state index contributed by atoms with van der Waals surface area (Å²) in [5, 5.41) is 3.43. The molecule has 1 amide bonds. The standard InChI is InChI=1S/C20H24ClN3O3S/c1-13-10-15(11-19(14(13)2)28(26,27)22-3)20(25)23-17-12-16(21)6-7-18(17)24-8-4-5-9-24/h6-7,10-12,22H,4-5,8-9H2,1-3H3,(H,23,25). The fraction of sp³-hybridized carbons (Fsp3) is 0.350. The molecule has 2 N–H and O–H groups in total. The summed E-state index contributed by atoms with van der Waals surface area (Å²) < 4.78 is 26.9. The van der Waals surface area contributed by atoms with Gasteiger partial charge in [0.15, 0.2) is 0 Å². The molecule has 0 spiro atoms. The van der Waals surface area contributed by atoms with Crippen molar-refractivity contribution >= 4 is 38.9 Å². The Hall–Kier alpha value is -2.09. The number of nitrogens with zero attached hydrogens (tertiary/aromatic N) is 1. The molecule has 0 atom stereocenters. The lowest BCUT2D eigenvalue weighted by Crippen LogP contribution is -2.23. The summed E-state index contributed by atoms with van der Waals surface area (Å²) in [6, 6.07) is 8.53. The first-order chi connectivity index (χ1) is 13.2. The number of benzene rings is 2. The van der Waals surface area contributed by atoms with Crippen LogP contribution in [-0.2, 0) is 10.0 Å². The smallest absolute Gasteiger partial charge is 0.255 e. The predicted octanol–water partition coefficient (Wildman–Crippen LogP) is 3.72. The SMILES string of the molecule is CNS(=O)(=O)c1cc(C(=O)Nc2cc(Cl)ccc2N2CCCC2)cc(C)c1C. The van der Waals surface area contributed by atoms with Gasteiger partial charge in [0.05, 0.1) is 16.3 Å². The fourth-order valence-corrected chi connectivity index (χ4v) is 4.62. The summed E-state index contributed by atoms with van der Waals surface area (Å²) in [7, 11) is -2.32. The van der Waals surface area contributed by atoms with Gasteiger partial charge in [0.25, 0.3) is 5.91 Å². The molecule has 1 aliphatic heterocycles. The van der Waals surface area contributed by atoms with E-state index in [0.29, 0.717) is 16.3 Å². The van der Waals surface area contributed by atoms with Gasteiger partial charge in [-0.15, -0.1) is 0 Å². The maximum atomic E-state index is 12.9. The number of carbonyl (C=O) groups is 1. The molecule has 8 heteroatoms. The van der Waals surface area contributed by atoms with Crippen molar-refractivity contribution < 1.29 is 13.2 Å². The first kappa shape index (κ1) is 20.6. The minimum Gasteiger partial charge on any atom is -0.370 e. The molecular formula is C20H24ClN3O3S. The highest BCUT2D eigenvalue weighted by molar-refractivity contribution is 7.89. The van der Waals surface area contributed by atoms with Gasteiger partial charge < -0.3 is 10.2 Å². The van der Waals surface area contributed by atoms with Crippen LogP contribution in [0.4, 0.5) is 11.4 Å². The van der Waals surface area contributed by atoms with Crippen molar-refractivity contribution in [3.8, 4) is 0 Å². The minimum absolute atomic E-state index is 0.103. The molecule has 6 nitrogen and oxygen atoms in total. The first-order valence-electron chi connectivity index (χ1n) is 9.13. The Bertz CT molecular complexity index is 1020. The molecule has 1 heterocycles. The highest BCUT2D eigenvalue weighted by Gasteiger charge is 2.21. The zero-order valence-electron chi connectivity index (χ0n) is 16.2. The Morgan fingerprint density at radius 3 is 2.43 bits per heavy atom. The Kier molecular flexibility index (Phi) is 5.98. The fourth-order valence-electron chi connectivity index (χ4n) is 3.38. The van der Waals surface area contributed by atoms with Crippen LogP contribution in [0.15, 0.2) is 35.2 Å². The monoisotopic (exact) mass is 421 g/mol. The van der Waals surface area contributed by atoms with Gasteiger partial charge in [-0.25, -0.2) is 13.1 Å². The number of hydrogen-bond acceptors (Lipinski definition) is 4. The molecule has 3 rings (SSSR count). The van der Waals surface area contributed by atoms with Crippen molar-refractivity contribution in [1.29, 1.82) is 0 Å². The number of hydrogen-bond donors (Lipinski definition) is 2. The molecule has 1 saturated heterocycles. The third-order valence-electron chi connectivity index (χ3n) is 5.09. The summed E-state index contributed by atoms with van der Waals surface area (Å²) in [5.41, 5.74) is 3.17. The first-order valence-corrected chi connectivity index (χ1v) is 11.0. The number of anilines is 2. The maximum Gasteiger partial charge on any atom is 0.255 e. The van der Waals surface area contributed by atoms with E-state index in [2.05, 4.69) is 14.9 Å². The number of rotatable bonds is 5. The van der Waals surface area contributed by atoms with E-state index in [1.54, 1.807) is 32.0 Å². The molecule has 0 bridgehead atoms. The Balaban J connectivity index is 1.97. The van der Waals surface area contributed by atoms with Crippen molar-refractivity contribution in [2.75, 3.05) is 30.4 Å². The Morgan fingerprint density at radius 2 is 1.79 bits per heavy atom. The summed E-state index contributed by atoms with van der Waals surface area (Å²) in [6.45, 7) is 5.37. The summed E-state index contributed by atoms with van der Waals surface area (Å²) >= 11 is 6.15. The molecule has 0 aliphatic carbocycles. The lowest BCUT2D eigenvalue weighted by atomic mass is 10.1. The summed E-state index contributed by atoms with van der Waals surface area (Å²) in [4.78, 5) is 15.2. The van der Waals surface area contributed by atoms with Crippen molar-refractivity contribution in [1.82, 2.24) is 4.72 Å². The van der Waals surface area contributed by atoms with E-state index in [1.165, 1.54) is 13.1 Å². The van der Waals surface area contributed by atoms with Crippen LogP contribution in [0, 0.1) is 13.8 Å². The van der Waals surface area contributed by atoms with Gasteiger partial charge >= 0.3 is 0 Å². The quantitative estimate of drug-likeness (QED) is 0.771. The molecular weight excluding hydrogens is 398 g/mol. The van der Waals surface area contributed by atoms with E-state index in [1.807, 2.05) is 6.07 Å². The lowest BCUT2D eigenvalue weighted by Gasteiger charge is -2.22. The lowest BCUT2D eigenvalue weighted by molar-refractivity contribution is 0.102. The molecule has 150 valence electrons. The third-order valence-corrected chi connectivity index (χ3v) is 6.87. The number of aryl methyl sites for hydroxylation is 1. The van der Waals surface area contributed by atoms with Gasteiger partial charge in [0.2, 0.25) is 10.0 Å². The van der Waals surface area contributed by atoms with Crippen LogP contribution in [0.5, 0.6) is 0 Å². The second-order valence-corrected chi connectivity index (χ2v) is 9.22. The van der Waals surface area contributed by atoms with Gasteiger partial charge in [-0.2, -0.15) is 0 Å². The van der Waals surface area contributed by atoms with Gasteiger partial charge in [-0.1, -0.05) is 11.6 Å². The molecule has 1 aliphatic rings. The Morgan fingerprint density at radius 1 is 1.11 bits per heavy atom. The molecule has 0 aromatic heterocycles. The zero-order chi connectivity index (χ0) is 20.5. The largest absolute Gasteiger partial charge is 0.370 e. The molecule has 0 saturated carbocycles. The highest BCUT2D eigenvalue weighted by Crippen LogP contribution is 2.32. The third kappa shape index (κ3) is 4.16. The molecule has 28 heavy (non-hydrogen) atoms. The van der Waals surface area contributed by atoms with E-state index in [-0.39, 0.29) is 16.4 Å². The number of amides is 1. The van der Waals surface area contributed by atoms with Crippen LogP contribution in [0.2, 0.25) is 5.02 Å². The number of sulfonamides is 1. The average molecular weight is 422 g/mol. The molecule has 0 radical (unpaired) electrons. The average Bonchev–Trinajstić information content (AvgIpc) is 3.18. The van der Waals surface area contributed by atoms with E-state index >= 15 is 0 Å². The van der Waals surface area contributed by atoms with E-state index in [4.69, 9.17) is 11.6 Å². The summed E-state index contributed by atoms with van der Waals surface area (Å²) in [6.07, 6.45) is 2.22. The van der Waals surface area contributed by atoms with Crippen molar-refractivity contribution in [2.45, 2.75) is 31.6 Å². The topological polar surface area (TPSA) is 78.5 Å². The van der Waals surface area contributed by atoms with Gasteiger partial charge in [0, 0.05) is 23.7 Å². The van der Waals surface area contributed by atoms with Crippen LogP contribution >= 0.6 is 11.6 Å². The second kappa shape index (κ2) is 8.11. The highest BCUT2D eigenvalue weighted by atomic mass is 35.5. The van der Waals surface area contributed by atoms with Gasteiger partial charge in [0.1, 0.15) is 0 Å². The normalized spacial score (nSPS) is 14.4. The predicted molar refractivity (Wildman–Crippen MR) is 113 cm³/mol. The zero-order valence-corrected chi connectivity index (χ0v) is 17.7. The van der Waals surface area contributed by atoms with E-state index < -0.39 is 10.0 Å². The molecule has 2 aromatic carbocycles. The van der Waals surface area contributed by atoms with Crippen molar-refractivity contribution in [2.24, 2.45) is 0 Å². The number of halogens is 1. The van der Waals surface area contributed by atoms with E-state index in [9.17, 15) is 13.2 Å². The van der Waals surface area contributed by atoms with Crippen LogP contribution < -0.4 is 14.9 Å². The van der Waals surface area contributed by atoms with Crippen LogP contribution in [-0.4, -0.2) is 34.5 Å². The second-order valence-electron chi connectivity index (χ2n) is 6.93. The van der Waals surface area contributed by atoms with Crippen LogP contribution in [0.25, 0.3) is 0 Å². The van der Waals surface area contributed by atoms with E-state index in [0.717, 1.165) is 37.2 Å². The number of carbonyl (C=O) groups excluding carboxylic acids is 1. The van der Waals surface area contributed by atoms with Gasteiger partial charge in [-0.3, -0.25) is 4.79 Å². The molecule has 0 unspecified atom stereocenters.